The van der Waals surface area contributed by atoms with Crippen molar-refractivity contribution in [2.45, 2.75) is 0 Å². The second kappa shape index (κ2) is 8.87. The van der Waals surface area contributed by atoms with Crippen molar-refractivity contribution < 1.29 is 40.2 Å². The smallest absolute Gasteiger partial charge is 0.317 e. The van der Waals surface area contributed by atoms with E-state index in [1.807, 2.05) is 0 Å². The Balaban J connectivity index is 0. The molecule has 0 aromatic carbocycles. The molecule has 0 saturated heterocycles. The molecule has 0 amide bonds. The minimum absolute atomic E-state index is 0.599. The molecule has 0 rings (SSSR count). The molecule has 15 heavy (non-hydrogen) atoms. The fraction of sp³-hybridized carbons (Fsp3) is 0.500. The number of carbonyl (C=O) groups is 3. The second-order valence-electron chi connectivity index (χ2n) is 2.33. The van der Waals surface area contributed by atoms with Crippen LogP contribution in [-0.2, 0) is 14.4 Å². The molecule has 0 aromatic rings. The summed E-state index contributed by atoms with van der Waals surface area (Å²) < 4.78 is 0. The van der Waals surface area contributed by atoms with Crippen molar-refractivity contribution in [1.82, 2.24) is 4.90 Å². The van der Waals surface area contributed by atoms with Crippen LogP contribution in [0.5, 0.6) is 0 Å². The van der Waals surface area contributed by atoms with Gasteiger partial charge >= 0.3 is 17.9 Å². The summed E-state index contributed by atoms with van der Waals surface area (Å²) in [5.74, 6) is -3.78. The minimum atomic E-state index is -1.26. The highest BCUT2D eigenvalue weighted by Gasteiger charge is 2.15. The van der Waals surface area contributed by atoms with E-state index in [1.54, 1.807) is 0 Å². The molecule has 0 bridgehead atoms. The zero-order chi connectivity index (χ0) is 12.4. The summed E-state index contributed by atoms with van der Waals surface area (Å²) in [6, 6.07) is 0. The Morgan fingerprint density at radius 1 is 0.733 bits per heavy atom. The van der Waals surface area contributed by atoms with Crippen molar-refractivity contribution in [3.05, 3.63) is 0 Å². The van der Waals surface area contributed by atoms with Gasteiger partial charge in [0.05, 0.1) is 19.6 Å². The quantitative estimate of drug-likeness (QED) is 0.269. The Morgan fingerprint density at radius 2 is 0.933 bits per heavy atom. The first-order valence-corrected chi connectivity index (χ1v) is 3.49. The molecule has 0 unspecified atom stereocenters. The van der Waals surface area contributed by atoms with Crippen LogP contribution in [0, 0.1) is 0 Å². The minimum Gasteiger partial charge on any atom is -0.480 e. The number of nitrogens with zero attached hydrogens (tertiary/aromatic N) is 1. The third-order valence-corrected chi connectivity index (χ3v) is 1.08. The Morgan fingerprint density at radius 3 is 1.07 bits per heavy atom. The molecule has 0 aromatic heterocycles. The van der Waals surface area contributed by atoms with E-state index in [4.69, 9.17) is 25.8 Å². The van der Waals surface area contributed by atoms with Crippen molar-refractivity contribution >= 4 is 17.9 Å². The monoisotopic (exact) mass is 225 g/mol. The summed E-state index contributed by atoms with van der Waals surface area (Å²) in [5, 5.41) is 36.8. The van der Waals surface area contributed by atoms with Gasteiger partial charge < -0.3 is 15.3 Å². The number of aliphatic carboxylic acids is 3. The Labute approximate surface area is 83.7 Å². The van der Waals surface area contributed by atoms with Crippen LogP contribution < -0.4 is 0 Å². The lowest BCUT2D eigenvalue weighted by atomic mass is 10.4. The zero-order valence-corrected chi connectivity index (χ0v) is 7.53. The van der Waals surface area contributed by atoms with Gasteiger partial charge in [0.1, 0.15) is 0 Å². The van der Waals surface area contributed by atoms with E-state index in [9.17, 15) is 14.4 Å². The Hall–Kier alpha value is -1.71. The molecular weight excluding hydrogens is 214 g/mol. The maximum Gasteiger partial charge on any atom is 0.317 e. The molecular formula is C6H11NO8. The van der Waals surface area contributed by atoms with Gasteiger partial charge in [0, 0.05) is 0 Å². The third-order valence-electron chi connectivity index (χ3n) is 1.08. The van der Waals surface area contributed by atoms with Crippen LogP contribution in [-0.4, -0.2) is 68.3 Å². The highest BCUT2D eigenvalue weighted by molar-refractivity contribution is 5.75. The SMILES string of the molecule is O=C(O)CN(CC(=O)O)CC(=O)O.OO. The van der Waals surface area contributed by atoms with Gasteiger partial charge in [0.25, 0.3) is 0 Å². The first kappa shape index (κ1) is 15.7. The number of hydrogen-bond acceptors (Lipinski definition) is 6. The molecule has 0 heterocycles. The molecule has 0 fully saturated rings. The predicted octanol–water partition coefficient (Wildman–Crippen LogP) is -1.44. The summed E-state index contributed by atoms with van der Waals surface area (Å²) in [6.07, 6.45) is 0. The molecule has 0 saturated carbocycles. The second-order valence-corrected chi connectivity index (χ2v) is 2.33. The van der Waals surface area contributed by atoms with Gasteiger partial charge in [-0.25, -0.2) is 0 Å². The van der Waals surface area contributed by atoms with Crippen LogP contribution in [0.15, 0.2) is 0 Å². The summed E-state index contributed by atoms with van der Waals surface area (Å²) in [4.78, 5) is 31.2. The van der Waals surface area contributed by atoms with Gasteiger partial charge in [-0.3, -0.25) is 29.8 Å². The molecule has 0 spiro atoms. The van der Waals surface area contributed by atoms with E-state index >= 15 is 0 Å². The Bertz CT molecular complexity index is 189. The average molecular weight is 225 g/mol. The van der Waals surface area contributed by atoms with Crippen LogP contribution in [0.4, 0.5) is 0 Å². The van der Waals surface area contributed by atoms with Crippen molar-refractivity contribution in [3.8, 4) is 0 Å². The maximum atomic E-state index is 10.1. The summed E-state index contributed by atoms with van der Waals surface area (Å²) in [5.41, 5.74) is 0. The average Bonchev–Trinajstić information content (AvgIpc) is 2.03. The normalized spacial score (nSPS) is 9.00. The summed E-state index contributed by atoms with van der Waals surface area (Å²) in [6.45, 7) is -1.80. The van der Waals surface area contributed by atoms with Gasteiger partial charge in [-0.1, -0.05) is 0 Å². The number of carboxylic acids is 3. The molecule has 0 aliphatic heterocycles. The highest BCUT2D eigenvalue weighted by atomic mass is 17.0. The number of hydrogen-bond donors (Lipinski definition) is 5. The zero-order valence-electron chi connectivity index (χ0n) is 7.53. The van der Waals surface area contributed by atoms with Crippen molar-refractivity contribution in [1.29, 1.82) is 0 Å². The largest absolute Gasteiger partial charge is 0.480 e. The summed E-state index contributed by atoms with van der Waals surface area (Å²) in [7, 11) is 0. The standard InChI is InChI=1S/C6H9NO6.H2O2/c8-4(9)1-7(2-5(10)11)3-6(12)13;1-2/h1-3H2,(H,8,9)(H,10,11)(H,12,13);1-2H. The van der Waals surface area contributed by atoms with Crippen LogP contribution in [0.3, 0.4) is 0 Å². The Kier molecular flexibility index (Phi) is 9.31. The van der Waals surface area contributed by atoms with Crippen LogP contribution >= 0.6 is 0 Å². The number of rotatable bonds is 6. The van der Waals surface area contributed by atoms with Crippen molar-refractivity contribution in [3.63, 3.8) is 0 Å². The van der Waals surface area contributed by atoms with E-state index in [0.717, 1.165) is 4.90 Å². The van der Waals surface area contributed by atoms with Gasteiger partial charge in [0.15, 0.2) is 0 Å². The lowest BCUT2D eigenvalue weighted by Gasteiger charge is -2.14. The number of carboxylic acid groups (broad SMARTS) is 3. The van der Waals surface area contributed by atoms with Crippen molar-refractivity contribution in [2.24, 2.45) is 0 Å². The molecule has 0 aliphatic rings. The van der Waals surface area contributed by atoms with Gasteiger partial charge in [-0.05, 0) is 0 Å². The van der Waals surface area contributed by atoms with Crippen LogP contribution in [0.2, 0.25) is 0 Å². The lowest BCUT2D eigenvalue weighted by Crippen LogP contribution is -2.38. The highest BCUT2D eigenvalue weighted by Crippen LogP contribution is 1.87. The first-order chi connectivity index (χ1) is 6.91. The van der Waals surface area contributed by atoms with E-state index in [2.05, 4.69) is 0 Å². The first-order valence-electron chi connectivity index (χ1n) is 3.49. The molecule has 88 valence electrons. The van der Waals surface area contributed by atoms with Crippen LogP contribution in [0.25, 0.3) is 0 Å². The molecule has 9 nitrogen and oxygen atoms in total. The summed E-state index contributed by atoms with van der Waals surface area (Å²) >= 11 is 0. The third kappa shape index (κ3) is 12.3. The van der Waals surface area contributed by atoms with Gasteiger partial charge in [-0.15, -0.1) is 0 Å². The van der Waals surface area contributed by atoms with Gasteiger partial charge in [0.2, 0.25) is 0 Å². The fourth-order valence-corrected chi connectivity index (χ4v) is 0.742. The van der Waals surface area contributed by atoms with E-state index in [0.29, 0.717) is 0 Å². The maximum absolute atomic E-state index is 10.1. The molecule has 0 atom stereocenters. The molecule has 0 aliphatic carbocycles. The topological polar surface area (TPSA) is 156 Å². The lowest BCUT2D eigenvalue weighted by molar-refractivity contribution is -0.176. The van der Waals surface area contributed by atoms with E-state index in [-0.39, 0.29) is 0 Å². The molecule has 9 heteroatoms. The van der Waals surface area contributed by atoms with Crippen LogP contribution in [0.1, 0.15) is 0 Å². The van der Waals surface area contributed by atoms with Crippen molar-refractivity contribution in [2.75, 3.05) is 19.6 Å². The van der Waals surface area contributed by atoms with Gasteiger partial charge in [-0.2, -0.15) is 0 Å². The predicted molar refractivity (Wildman–Crippen MR) is 44.6 cm³/mol. The fourth-order valence-electron chi connectivity index (χ4n) is 0.742. The molecule has 0 radical (unpaired) electrons. The van der Waals surface area contributed by atoms with E-state index in [1.165, 1.54) is 0 Å². The molecule has 5 N–H and O–H groups in total. The van der Waals surface area contributed by atoms with E-state index < -0.39 is 37.5 Å².